The van der Waals surface area contributed by atoms with Gasteiger partial charge in [0.2, 0.25) is 0 Å². The Morgan fingerprint density at radius 2 is 1.67 bits per heavy atom. The Morgan fingerprint density at radius 1 is 1.00 bits per heavy atom. The minimum absolute atomic E-state index is 0. The van der Waals surface area contributed by atoms with Gasteiger partial charge >= 0.3 is 0 Å². The fourth-order valence-corrected chi connectivity index (χ4v) is 1.44. The normalized spacial score (nSPS) is 9.40. The lowest BCUT2D eigenvalue weighted by Gasteiger charge is -2.03. The standard InChI is InChI=1S/C12H12N2.BrH/c1-10-6-5-9-14(12(10)13)11-7-3-2-4-8-11;/h2-9,13H,1H3;1H. The first kappa shape index (κ1) is 11.7. The van der Waals surface area contributed by atoms with Crippen LogP contribution in [0.15, 0.2) is 48.7 Å². The van der Waals surface area contributed by atoms with Crippen molar-refractivity contribution >= 4 is 5.82 Å². The Labute approximate surface area is 100 Å². The Bertz CT molecular complexity index is 441. The molecule has 1 aromatic heterocycles. The van der Waals surface area contributed by atoms with Gasteiger partial charge in [-0.25, -0.2) is 4.57 Å². The number of hydrogen-bond acceptors (Lipinski definition) is 1. The van der Waals surface area contributed by atoms with Crippen LogP contribution in [0.1, 0.15) is 5.56 Å². The van der Waals surface area contributed by atoms with Gasteiger partial charge in [0.15, 0.2) is 0 Å². The number of para-hydroxylation sites is 1. The summed E-state index contributed by atoms with van der Waals surface area (Å²) in [6.07, 6.45) is 1.97. The minimum Gasteiger partial charge on any atom is -1.00 e. The van der Waals surface area contributed by atoms with Gasteiger partial charge in [0.25, 0.3) is 5.82 Å². The molecular weight excluding hydrogens is 252 g/mol. The van der Waals surface area contributed by atoms with Crippen molar-refractivity contribution in [3.63, 3.8) is 0 Å². The summed E-state index contributed by atoms with van der Waals surface area (Å²) in [6, 6.07) is 14.1. The number of aryl methyl sites for hydroxylation is 1. The summed E-state index contributed by atoms with van der Waals surface area (Å²) in [6.45, 7) is 2.01. The highest BCUT2D eigenvalue weighted by Gasteiger charge is 2.08. The van der Waals surface area contributed by atoms with E-state index in [-0.39, 0.29) is 17.0 Å². The van der Waals surface area contributed by atoms with E-state index in [9.17, 15) is 0 Å². The molecule has 0 atom stereocenters. The number of rotatable bonds is 1. The van der Waals surface area contributed by atoms with E-state index >= 15 is 0 Å². The smallest absolute Gasteiger partial charge is 0.280 e. The zero-order chi connectivity index (χ0) is 9.97. The summed E-state index contributed by atoms with van der Waals surface area (Å²) in [7, 11) is 0. The molecule has 0 aliphatic heterocycles. The predicted octanol–water partition coefficient (Wildman–Crippen LogP) is -1.14. The van der Waals surface area contributed by atoms with Crippen molar-refractivity contribution in [2.75, 3.05) is 5.73 Å². The van der Waals surface area contributed by atoms with Crippen molar-refractivity contribution in [3.8, 4) is 5.69 Å². The summed E-state index contributed by atoms with van der Waals surface area (Å²) in [5, 5.41) is 0. The van der Waals surface area contributed by atoms with Crippen molar-refractivity contribution in [1.29, 1.82) is 0 Å². The Kier molecular flexibility index (Phi) is 3.86. The fraction of sp³-hybridized carbons (Fsp3) is 0.0833. The molecule has 1 heterocycles. The number of benzene rings is 1. The zero-order valence-corrected chi connectivity index (χ0v) is 10.1. The average Bonchev–Trinajstić information content (AvgIpc) is 2.23. The quantitative estimate of drug-likeness (QED) is 0.649. The van der Waals surface area contributed by atoms with E-state index in [1.54, 1.807) is 0 Å². The Hall–Kier alpha value is -1.35. The number of anilines is 1. The minimum atomic E-state index is 0. The molecule has 15 heavy (non-hydrogen) atoms. The first-order valence-electron chi connectivity index (χ1n) is 4.61. The summed E-state index contributed by atoms with van der Waals surface area (Å²) in [5.41, 5.74) is 8.16. The van der Waals surface area contributed by atoms with Gasteiger partial charge in [0.1, 0.15) is 5.69 Å². The molecule has 0 fully saturated rings. The van der Waals surface area contributed by atoms with Gasteiger partial charge < -0.3 is 17.0 Å². The van der Waals surface area contributed by atoms with Crippen molar-refractivity contribution in [2.45, 2.75) is 6.92 Å². The second-order valence-electron chi connectivity index (χ2n) is 3.28. The van der Waals surface area contributed by atoms with Crippen LogP contribution in [0, 0.1) is 6.92 Å². The lowest BCUT2D eigenvalue weighted by Crippen LogP contribution is -3.00. The maximum Gasteiger partial charge on any atom is 0.280 e. The molecule has 78 valence electrons. The molecule has 0 spiro atoms. The van der Waals surface area contributed by atoms with Crippen LogP contribution in [0.2, 0.25) is 0 Å². The van der Waals surface area contributed by atoms with E-state index in [0.29, 0.717) is 0 Å². The summed E-state index contributed by atoms with van der Waals surface area (Å²) >= 11 is 0. The Balaban J connectivity index is 0.00000112. The number of nitrogens with zero attached hydrogens (tertiary/aromatic N) is 1. The third-order valence-corrected chi connectivity index (χ3v) is 2.28. The lowest BCUT2D eigenvalue weighted by molar-refractivity contribution is -0.580. The molecule has 1 aromatic carbocycles. The summed E-state index contributed by atoms with van der Waals surface area (Å²) < 4.78 is 1.98. The second kappa shape index (κ2) is 4.94. The molecule has 0 saturated heterocycles. The number of hydrogen-bond donors (Lipinski definition) is 1. The first-order chi connectivity index (χ1) is 6.79. The average molecular weight is 265 g/mol. The molecule has 0 saturated carbocycles. The summed E-state index contributed by atoms with van der Waals surface area (Å²) in [4.78, 5) is 0. The van der Waals surface area contributed by atoms with E-state index in [4.69, 9.17) is 5.73 Å². The molecule has 2 nitrogen and oxygen atoms in total. The molecule has 0 radical (unpaired) electrons. The third-order valence-electron chi connectivity index (χ3n) is 2.28. The van der Waals surface area contributed by atoms with Gasteiger partial charge in [-0.3, -0.25) is 5.73 Å². The van der Waals surface area contributed by atoms with Crippen LogP contribution in [0.5, 0.6) is 0 Å². The van der Waals surface area contributed by atoms with Gasteiger partial charge in [-0.2, -0.15) is 0 Å². The van der Waals surface area contributed by atoms with Crippen molar-refractivity contribution in [1.82, 2.24) is 0 Å². The fourth-order valence-electron chi connectivity index (χ4n) is 1.44. The number of nitrogen functional groups attached to an aromatic ring is 1. The molecular formula is C12H13BrN2. The van der Waals surface area contributed by atoms with Crippen molar-refractivity contribution < 1.29 is 21.5 Å². The topological polar surface area (TPSA) is 29.9 Å². The highest BCUT2D eigenvalue weighted by molar-refractivity contribution is 5.35. The largest absolute Gasteiger partial charge is 1.00 e. The van der Waals surface area contributed by atoms with Crippen LogP contribution in [0.4, 0.5) is 5.82 Å². The van der Waals surface area contributed by atoms with E-state index in [1.165, 1.54) is 0 Å². The molecule has 0 unspecified atom stereocenters. The van der Waals surface area contributed by atoms with E-state index in [2.05, 4.69) is 0 Å². The maximum absolute atomic E-state index is 5.98. The highest BCUT2D eigenvalue weighted by atomic mass is 79.9. The first-order valence-corrected chi connectivity index (χ1v) is 4.61. The van der Waals surface area contributed by atoms with Crippen molar-refractivity contribution in [2.24, 2.45) is 0 Å². The van der Waals surface area contributed by atoms with Crippen LogP contribution >= 0.6 is 0 Å². The van der Waals surface area contributed by atoms with Gasteiger partial charge in [-0.15, -0.1) is 0 Å². The second-order valence-corrected chi connectivity index (χ2v) is 3.28. The number of halogens is 1. The predicted molar refractivity (Wildman–Crippen MR) is 57.1 cm³/mol. The Morgan fingerprint density at radius 3 is 2.33 bits per heavy atom. The van der Waals surface area contributed by atoms with Crippen LogP contribution < -0.4 is 27.3 Å². The van der Waals surface area contributed by atoms with Gasteiger partial charge in [-0.05, 0) is 31.2 Å². The molecule has 0 bridgehead atoms. The van der Waals surface area contributed by atoms with Crippen LogP contribution in [-0.2, 0) is 0 Å². The van der Waals surface area contributed by atoms with E-state index < -0.39 is 0 Å². The monoisotopic (exact) mass is 264 g/mol. The molecule has 0 aliphatic carbocycles. The highest BCUT2D eigenvalue weighted by Crippen LogP contribution is 2.06. The van der Waals surface area contributed by atoms with Gasteiger partial charge in [0, 0.05) is 5.56 Å². The summed E-state index contributed by atoms with van der Waals surface area (Å²) in [5.74, 6) is 0.790. The van der Waals surface area contributed by atoms with Crippen molar-refractivity contribution in [3.05, 3.63) is 54.2 Å². The third kappa shape index (κ3) is 2.36. The number of aromatic nitrogens is 1. The van der Waals surface area contributed by atoms with Gasteiger partial charge in [-0.1, -0.05) is 18.2 Å². The van der Waals surface area contributed by atoms with E-state index in [1.807, 2.05) is 60.2 Å². The zero-order valence-electron chi connectivity index (χ0n) is 8.52. The molecule has 2 rings (SSSR count). The molecule has 0 amide bonds. The van der Waals surface area contributed by atoms with Crippen LogP contribution in [0.25, 0.3) is 5.69 Å². The molecule has 3 heteroatoms. The van der Waals surface area contributed by atoms with Gasteiger partial charge in [0.05, 0.1) is 6.20 Å². The number of nitrogens with two attached hydrogens (primary N) is 1. The lowest BCUT2D eigenvalue weighted by atomic mass is 10.2. The number of pyridine rings is 1. The molecule has 0 aliphatic rings. The van der Waals surface area contributed by atoms with E-state index in [0.717, 1.165) is 17.1 Å². The molecule has 2 N–H and O–H groups in total. The SMILES string of the molecule is Cc1ccc[n+](-c2ccccc2)c1N.[Br-]. The van der Waals surface area contributed by atoms with Crippen LogP contribution in [-0.4, -0.2) is 0 Å². The van der Waals surface area contributed by atoms with Crippen LogP contribution in [0.3, 0.4) is 0 Å². The molecule has 2 aromatic rings. The maximum atomic E-state index is 5.98.